The zero-order valence-electron chi connectivity index (χ0n) is 10.1. The lowest BCUT2D eigenvalue weighted by Crippen LogP contribution is -1.84. The Morgan fingerprint density at radius 1 is 1.25 bits per heavy atom. The van der Waals surface area contributed by atoms with Crippen molar-refractivity contribution < 1.29 is 4.39 Å². The molecule has 4 rings (SSSR count). The van der Waals surface area contributed by atoms with Crippen molar-refractivity contribution in [3.8, 4) is 11.4 Å². The van der Waals surface area contributed by atoms with Crippen LogP contribution in [-0.2, 0) is 0 Å². The average molecular weight is 331 g/mol. The molecule has 0 aliphatic rings. The first-order valence-electron chi connectivity index (χ1n) is 6.00. The molecule has 3 aromatic heterocycles. The average Bonchev–Trinajstić information content (AvgIpc) is 3.02. The van der Waals surface area contributed by atoms with Gasteiger partial charge in [-0.3, -0.25) is 0 Å². The highest BCUT2D eigenvalue weighted by Gasteiger charge is 2.12. The molecule has 0 unspecified atom stereocenters. The van der Waals surface area contributed by atoms with Crippen LogP contribution in [0.1, 0.15) is 0 Å². The SMILES string of the molecule is Fc1cc2[nH]c(-c3cnn4ccccc34)nc2cc1Br. The van der Waals surface area contributed by atoms with Crippen molar-refractivity contribution >= 4 is 32.5 Å². The maximum atomic E-state index is 13.5. The van der Waals surface area contributed by atoms with Gasteiger partial charge in [0.1, 0.15) is 11.6 Å². The van der Waals surface area contributed by atoms with Crippen LogP contribution in [0.5, 0.6) is 0 Å². The molecule has 0 bridgehead atoms. The van der Waals surface area contributed by atoms with Crippen molar-refractivity contribution in [1.82, 2.24) is 19.6 Å². The molecule has 0 atom stereocenters. The van der Waals surface area contributed by atoms with Crippen LogP contribution in [0, 0.1) is 5.82 Å². The summed E-state index contributed by atoms with van der Waals surface area (Å²) < 4.78 is 15.7. The number of nitrogens with zero attached hydrogens (tertiary/aromatic N) is 3. The van der Waals surface area contributed by atoms with Gasteiger partial charge in [0, 0.05) is 12.3 Å². The molecule has 4 nitrogen and oxygen atoms in total. The van der Waals surface area contributed by atoms with E-state index in [0.29, 0.717) is 21.3 Å². The van der Waals surface area contributed by atoms with Crippen molar-refractivity contribution in [1.29, 1.82) is 0 Å². The number of imidazole rings is 1. The Hall–Kier alpha value is -2.21. The number of hydrogen-bond donors (Lipinski definition) is 1. The van der Waals surface area contributed by atoms with Gasteiger partial charge in [-0.25, -0.2) is 13.9 Å². The number of H-pyrrole nitrogens is 1. The molecule has 0 fully saturated rings. The third kappa shape index (κ3) is 1.65. The van der Waals surface area contributed by atoms with Gasteiger partial charge in [0.25, 0.3) is 0 Å². The van der Waals surface area contributed by atoms with Crippen LogP contribution in [0.25, 0.3) is 27.9 Å². The number of aromatic amines is 1. The smallest absolute Gasteiger partial charge is 0.142 e. The standard InChI is InChI=1S/C14H8BrFN4/c15-9-5-11-12(6-10(9)16)19-14(18-11)8-7-17-20-4-2-1-3-13(8)20/h1-7H,(H,18,19). The topological polar surface area (TPSA) is 46.0 Å². The summed E-state index contributed by atoms with van der Waals surface area (Å²) in [5.41, 5.74) is 3.21. The molecule has 0 radical (unpaired) electrons. The third-order valence-corrected chi connectivity index (χ3v) is 3.81. The number of fused-ring (bicyclic) bond motifs is 2. The van der Waals surface area contributed by atoms with Crippen LogP contribution in [0.4, 0.5) is 4.39 Å². The van der Waals surface area contributed by atoms with E-state index in [1.807, 2.05) is 24.4 Å². The van der Waals surface area contributed by atoms with E-state index < -0.39 is 0 Å². The van der Waals surface area contributed by atoms with E-state index in [9.17, 15) is 4.39 Å². The first-order valence-corrected chi connectivity index (χ1v) is 6.79. The van der Waals surface area contributed by atoms with Crippen molar-refractivity contribution in [2.24, 2.45) is 0 Å². The highest BCUT2D eigenvalue weighted by Crippen LogP contribution is 2.27. The lowest BCUT2D eigenvalue weighted by molar-refractivity contribution is 0.623. The van der Waals surface area contributed by atoms with Gasteiger partial charge in [-0.1, -0.05) is 6.07 Å². The van der Waals surface area contributed by atoms with Crippen LogP contribution in [0.2, 0.25) is 0 Å². The molecule has 3 heterocycles. The van der Waals surface area contributed by atoms with E-state index in [2.05, 4.69) is 31.0 Å². The zero-order valence-corrected chi connectivity index (χ0v) is 11.7. The first-order chi connectivity index (χ1) is 9.72. The fraction of sp³-hybridized carbons (Fsp3) is 0. The first kappa shape index (κ1) is 11.6. The van der Waals surface area contributed by atoms with Gasteiger partial charge in [-0.2, -0.15) is 5.10 Å². The Labute approximate surface area is 121 Å². The zero-order chi connectivity index (χ0) is 13.7. The summed E-state index contributed by atoms with van der Waals surface area (Å²) in [7, 11) is 0. The minimum Gasteiger partial charge on any atom is -0.338 e. The number of benzene rings is 1. The van der Waals surface area contributed by atoms with Gasteiger partial charge in [0.2, 0.25) is 0 Å². The Kier molecular flexibility index (Phi) is 2.40. The monoisotopic (exact) mass is 330 g/mol. The van der Waals surface area contributed by atoms with E-state index in [-0.39, 0.29) is 5.82 Å². The van der Waals surface area contributed by atoms with Gasteiger partial charge >= 0.3 is 0 Å². The highest BCUT2D eigenvalue weighted by atomic mass is 79.9. The van der Waals surface area contributed by atoms with Crippen molar-refractivity contribution in [2.75, 3.05) is 0 Å². The summed E-state index contributed by atoms with van der Waals surface area (Å²) in [5, 5.41) is 4.27. The predicted molar refractivity (Wildman–Crippen MR) is 77.9 cm³/mol. The number of halogens is 2. The van der Waals surface area contributed by atoms with E-state index in [1.165, 1.54) is 6.07 Å². The van der Waals surface area contributed by atoms with Gasteiger partial charge in [0.05, 0.1) is 32.8 Å². The summed E-state index contributed by atoms with van der Waals surface area (Å²) in [4.78, 5) is 7.63. The molecule has 98 valence electrons. The molecule has 0 aliphatic carbocycles. The number of nitrogens with one attached hydrogen (secondary N) is 1. The lowest BCUT2D eigenvalue weighted by atomic mass is 10.2. The molecule has 6 heteroatoms. The largest absolute Gasteiger partial charge is 0.338 e. The molecule has 0 spiro atoms. The molecule has 1 aromatic carbocycles. The minimum atomic E-state index is -0.312. The molecule has 0 saturated heterocycles. The van der Waals surface area contributed by atoms with E-state index in [1.54, 1.807) is 16.8 Å². The van der Waals surface area contributed by atoms with Crippen LogP contribution >= 0.6 is 15.9 Å². The number of aromatic nitrogens is 4. The van der Waals surface area contributed by atoms with Gasteiger partial charge in [-0.05, 0) is 34.1 Å². The van der Waals surface area contributed by atoms with Gasteiger partial charge in [-0.15, -0.1) is 0 Å². The Morgan fingerprint density at radius 3 is 3.05 bits per heavy atom. The van der Waals surface area contributed by atoms with E-state index in [4.69, 9.17) is 0 Å². The second-order valence-electron chi connectivity index (χ2n) is 4.46. The van der Waals surface area contributed by atoms with E-state index in [0.717, 1.165) is 11.1 Å². The van der Waals surface area contributed by atoms with Crippen LogP contribution < -0.4 is 0 Å². The highest BCUT2D eigenvalue weighted by molar-refractivity contribution is 9.10. The van der Waals surface area contributed by atoms with Crippen LogP contribution in [0.15, 0.2) is 47.2 Å². The number of pyridine rings is 1. The molecule has 0 saturated carbocycles. The summed E-state index contributed by atoms with van der Waals surface area (Å²) >= 11 is 3.17. The minimum absolute atomic E-state index is 0.312. The fourth-order valence-electron chi connectivity index (χ4n) is 2.25. The van der Waals surface area contributed by atoms with Crippen LogP contribution in [0.3, 0.4) is 0 Å². The number of rotatable bonds is 1. The molecule has 20 heavy (non-hydrogen) atoms. The molecule has 1 N–H and O–H groups in total. The molecular formula is C14H8BrFN4. The van der Waals surface area contributed by atoms with Crippen molar-refractivity contribution in [3.63, 3.8) is 0 Å². The van der Waals surface area contributed by atoms with Crippen molar-refractivity contribution in [2.45, 2.75) is 0 Å². The molecule has 0 aliphatic heterocycles. The second kappa shape index (κ2) is 4.14. The quantitative estimate of drug-likeness (QED) is 0.577. The van der Waals surface area contributed by atoms with Gasteiger partial charge in [0.15, 0.2) is 0 Å². The van der Waals surface area contributed by atoms with E-state index >= 15 is 0 Å². The fourth-order valence-corrected chi connectivity index (χ4v) is 2.58. The predicted octanol–water partition coefficient (Wildman–Crippen LogP) is 3.78. The van der Waals surface area contributed by atoms with Crippen molar-refractivity contribution in [3.05, 3.63) is 53.0 Å². The van der Waals surface area contributed by atoms with Gasteiger partial charge < -0.3 is 4.98 Å². The maximum absolute atomic E-state index is 13.5. The Bertz CT molecular complexity index is 902. The maximum Gasteiger partial charge on any atom is 0.142 e. The summed E-state index contributed by atoms with van der Waals surface area (Å²) in [6.45, 7) is 0. The number of hydrogen-bond acceptors (Lipinski definition) is 2. The molecule has 4 aromatic rings. The Balaban J connectivity index is 1.98. The molecular weight excluding hydrogens is 323 g/mol. The normalized spacial score (nSPS) is 11.5. The molecule has 0 amide bonds. The summed E-state index contributed by atoms with van der Waals surface area (Å²) in [5.74, 6) is 0.367. The van der Waals surface area contributed by atoms with Crippen LogP contribution in [-0.4, -0.2) is 19.6 Å². The summed E-state index contributed by atoms with van der Waals surface area (Å²) in [6, 6.07) is 8.92. The summed E-state index contributed by atoms with van der Waals surface area (Å²) in [6.07, 6.45) is 3.62. The Morgan fingerprint density at radius 2 is 2.15 bits per heavy atom. The second-order valence-corrected chi connectivity index (χ2v) is 5.31. The lowest BCUT2D eigenvalue weighted by Gasteiger charge is -1.93. The third-order valence-electron chi connectivity index (χ3n) is 3.21.